The van der Waals surface area contributed by atoms with Gasteiger partial charge in [-0.1, -0.05) is 12.5 Å². The minimum atomic E-state index is -0.0239. The Hall–Kier alpha value is -1.46. The van der Waals surface area contributed by atoms with Crippen molar-refractivity contribution in [1.82, 2.24) is 10.6 Å². The van der Waals surface area contributed by atoms with Crippen molar-refractivity contribution < 1.29 is 14.3 Å². The van der Waals surface area contributed by atoms with E-state index in [9.17, 15) is 4.79 Å². The molecule has 0 radical (unpaired) electrons. The molecule has 0 aromatic heterocycles. The van der Waals surface area contributed by atoms with Gasteiger partial charge >= 0.3 is 0 Å². The summed E-state index contributed by atoms with van der Waals surface area (Å²) in [5, 5.41) is 6.25. The van der Waals surface area contributed by atoms with Crippen molar-refractivity contribution in [1.29, 1.82) is 0 Å². The summed E-state index contributed by atoms with van der Waals surface area (Å²) in [4.78, 5) is 12.0. The number of halogens is 1. The van der Waals surface area contributed by atoms with Gasteiger partial charge in [0.2, 0.25) is 5.91 Å². The van der Waals surface area contributed by atoms with Gasteiger partial charge in [0, 0.05) is 6.54 Å². The van der Waals surface area contributed by atoms with Crippen LogP contribution in [0.4, 0.5) is 0 Å². The van der Waals surface area contributed by atoms with E-state index >= 15 is 0 Å². The molecule has 0 saturated carbocycles. The quantitative estimate of drug-likeness (QED) is 0.837. The van der Waals surface area contributed by atoms with Gasteiger partial charge in [0.1, 0.15) is 0 Å². The maximum Gasteiger partial charge on any atom is 0.237 e. The number of hydrogen-bond acceptors (Lipinski definition) is 4. The van der Waals surface area contributed by atoms with Crippen LogP contribution in [0.2, 0.25) is 0 Å². The SMILES string of the molecule is COc1ccc(CCNC(=O)[C@@H]2CCCCN2)cc1OC.Cl. The third-order valence-electron chi connectivity index (χ3n) is 3.79. The van der Waals surface area contributed by atoms with E-state index in [2.05, 4.69) is 10.6 Å². The molecule has 1 atom stereocenters. The normalized spacial score (nSPS) is 17.3. The topological polar surface area (TPSA) is 59.6 Å². The molecule has 2 rings (SSSR count). The van der Waals surface area contributed by atoms with Crippen molar-refractivity contribution in [2.24, 2.45) is 0 Å². The Kier molecular flexibility index (Phi) is 8.06. The van der Waals surface area contributed by atoms with Crippen LogP contribution in [0.25, 0.3) is 0 Å². The zero-order valence-corrected chi connectivity index (χ0v) is 14.0. The average molecular weight is 329 g/mol. The molecule has 1 aliphatic heterocycles. The first-order chi connectivity index (χ1) is 10.2. The summed E-state index contributed by atoms with van der Waals surface area (Å²) in [5.41, 5.74) is 1.12. The van der Waals surface area contributed by atoms with Crippen LogP contribution in [0.5, 0.6) is 11.5 Å². The van der Waals surface area contributed by atoms with Crippen molar-refractivity contribution >= 4 is 18.3 Å². The summed E-state index contributed by atoms with van der Waals surface area (Å²) in [7, 11) is 3.24. The second kappa shape index (κ2) is 9.54. The van der Waals surface area contributed by atoms with Crippen LogP contribution in [0.3, 0.4) is 0 Å². The summed E-state index contributed by atoms with van der Waals surface area (Å²) in [6.07, 6.45) is 4.00. The lowest BCUT2D eigenvalue weighted by atomic mass is 10.0. The second-order valence-corrected chi connectivity index (χ2v) is 5.23. The highest BCUT2D eigenvalue weighted by Crippen LogP contribution is 2.27. The Morgan fingerprint density at radius 1 is 1.27 bits per heavy atom. The number of benzene rings is 1. The van der Waals surface area contributed by atoms with Gasteiger partial charge in [-0.15, -0.1) is 12.4 Å². The maximum absolute atomic E-state index is 12.0. The van der Waals surface area contributed by atoms with Gasteiger partial charge in [-0.2, -0.15) is 0 Å². The van der Waals surface area contributed by atoms with Crippen molar-refractivity contribution in [3.05, 3.63) is 23.8 Å². The minimum absolute atomic E-state index is 0. The molecule has 1 amide bonds. The van der Waals surface area contributed by atoms with Crippen molar-refractivity contribution in [2.75, 3.05) is 27.3 Å². The molecule has 0 unspecified atom stereocenters. The fraction of sp³-hybridized carbons (Fsp3) is 0.562. The summed E-state index contributed by atoms with van der Waals surface area (Å²) < 4.78 is 10.5. The molecule has 1 aliphatic rings. The Balaban J connectivity index is 0.00000242. The number of carbonyl (C=O) groups excluding carboxylic acids is 1. The molecule has 1 fully saturated rings. The molecule has 124 valence electrons. The molecule has 0 aliphatic carbocycles. The molecule has 0 bridgehead atoms. The van der Waals surface area contributed by atoms with E-state index in [1.165, 1.54) is 0 Å². The van der Waals surface area contributed by atoms with Crippen LogP contribution in [0.1, 0.15) is 24.8 Å². The van der Waals surface area contributed by atoms with Gasteiger partial charge in [-0.25, -0.2) is 0 Å². The smallest absolute Gasteiger partial charge is 0.237 e. The number of hydrogen-bond donors (Lipinski definition) is 2. The van der Waals surface area contributed by atoms with E-state index in [4.69, 9.17) is 9.47 Å². The third kappa shape index (κ3) is 5.07. The van der Waals surface area contributed by atoms with Crippen molar-refractivity contribution in [3.63, 3.8) is 0 Å². The Bertz CT molecular complexity index is 476. The van der Waals surface area contributed by atoms with Gasteiger partial charge in [0.25, 0.3) is 0 Å². The van der Waals surface area contributed by atoms with Crippen LogP contribution < -0.4 is 20.1 Å². The first kappa shape index (κ1) is 18.6. The van der Waals surface area contributed by atoms with Crippen LogP contribution >= 0.6 is 12.4 Å². The molecule has 22 heavy (non-hydrogen) atoms. The molecule has 1 aromatic rings. The molecular formula is C16H25ClN2O3. The van der Waals surface area contributed by atoms with Gasteiger partial charge in [0.05, 0.1) is 20.3 Å². The van der Waals surface area contributed by atoms with Gasteiger partial charge in [0.15, 0.2) is 11.5 Å². The largest absolute Gasteiger partial charge is 0.493 e. The Labute approximate surface area is 138 Å². The molecular weight excluding hydrogens is 304 g/mol. The number of piperidine rings is 1. The number of methoxy groups -OCH3 is 2. The Morgan fingerprint density at radius 3 is 2.68 bits per heavy atom. The van der Waals surface area contributed by atoms with Crippen molar-refractivity contribution in [2.45, 2.75) is 31.7 Å². The van der Waals surface area contributed by atoms with Crippen LogP contribution in [-0.4, -0.2) is 39.3 Å². The molecule has 5 nitrogen and oxygen atoms in total. The lowest BCUT2D eigenvalue weighted by molar-refractivity contribution is -0.123. The average Bonchev–Trinajstić information content (AvgIpc) is 2.55. The lowest BCUT2D eigenvalue weighted by Gasteiger charge is -2.22. The predicted molar refractivity (Wildman–Crippen MR) is 89.1 cm³/mol. The van der Waals surface area contributed by atoms with Gasteiger partial charge < -0.3 is 20.1 Å². The summed E-state index contributed by atoms with van der Waals surface area (Å²) in [6, 6.07) is 5.80. The van der Waals surface area contributed by atoms with E-state index < -0.39 is 0 Å². The monoisotopic (exact) mass is 328 g/mol. The molecule has 0 spiro atoms. The Morgan fingerprint density at radius 2 is 2.05 bits per heavy atom. The number of nitrogens with one attached hydrogen (secondary N) is 2. The van der Waals surface area contributed by atoms with E-state index in [1.807, 2.05) is 18.2 Å². The highest BCUT2D eigenvalue weighted by molar-refractivity contribution is 5.85. The fourth-order valence-corrected chi connectivity index (χ4v) is 2.56. The van der Waals surface area contributed by atoms with E-state index in [0.29, 0.717) is 6.54 Å². The first-order valence-electron chi connectivity index (χ1n) is 7.46. The van der Waals surface area contributed by atoms with E-state index in [1.54, 1.807) is 14.2 Å². The molecule has 1 heterocycles. The molecule has 2 N–H and O–H groups in total. The number of rotatable bonds is 6. The lowest BCUT2D eigenvalue weighted by Crippen LogP contribution is -2.47. The van der Waals surface area contributed by atoms with E-state index in [-0.39, 0.29) is 24.4 Å². The summed E-state index contributed by atoms with van der Waals surface area (Å²) in [5.74, 6) is 1.54. The second-order valence-electron chi connectivity index (χ2n) is 5.23. The third-order valence-corrected chi connectivity index (χ3v) is 3.79. The van der Waals surface area contributed by atoms with Crippen molar-refractivity contribution in [3.8, 4) is 11.5 Å². The predicted octanol–water partition coefficient (Wildman–Crippen LogP) is 1.93. The van der Waals surface area contributed by atoms with Crippen LogP contribution in [0, 0.1) is 0 Å². The zero-order chi connectivity index (χ0) is 15.1. The molecule has 1 aromatic carbocycles. The van der Waals surface area contributed by atoms with E-state index in [0.717, 1.165) is 49.3 Å². The fourth-order valence-electron chi connectivity index (χ4n) is 2.56. The number of carbonyl (C=O) groups is 1. The standard InChI is InChI=1S/C16H24N2O3.ClH/c1-20-14-7-6-12(11-15(14)21-2)8-10-18-16(19)13-5-3-4-9-17-13;/h6-7,11,13,17H,3-5,8-10H2,1-2H3,(H,18,19);1H/t13-;/m0./s1. The molecule has 6 heteroatoms. The number of ether oxygens (including phenoxy) is 2. The highest BCUT2D eigenvalue weighted by Gasteiger charge is 2.19. The van der Waals surface area contributed by atoms with Gasteiger partial charge in [-0.3, -0.25) is 4.79 Å². The summed E-state index contributed by atoms with van der Waals surface area (Å²) in [6.45, 7) is 1.57. The first-order valence-corrected chi connectivity index (χ1v) is 7.46. The van der Waals surface area contributed by atoms with Gasteiger partial charge in [-0.05, 0) is 43.5 Å². The molecule has 1 saturated heterocycles. The summed E-state index contributed by atoms with van der Waals surface area (Å²) >= 11 is 0. The van der Waals surface area contributed by atoms with Crippen LogP contribution in [-0.2, 0) is 11.2 Å². The zero-order valence-electron chi connectivity index (χ0n) is 13.2. The number of amides is 1. The van der Waals surface area contributed by atoms with Crippen LogP contribution in [0.15, 0.2) is 18.2 Å². The highest BCUT2D eigenvalue weighted by atomic mass is 35.5. The maximum atomic E-state index is 12.0. The minimum Gasteiger partial charge on any atom is -0.493 e.